The van der Waals surface area contributed by atoms with Gasteiger partial charge in [-0.05, 0) is 55.5 Å². The highest BCUT2D eigenvalue weighted by Gasteiger charge is 2.19. The molecule has 1 aromatic carbocycles. The summed E-state index contributed by atoms with van der Waals surface area (Å²) in [6, 6.07) is 7.50. The highest BCUT2D eigenvalue weighted by molar-refractivity contribution is 7.99. The fourth-order valence-corrected chi connectivity index (χ4v) is 5.18. The van der Waals surface area contributed by atoms with E-state index in [0.29, 0.717) is 17.5 Å². The number of aromatic nitrogens is 2. The molecule has 1 aliphatic carbocycles. The molecule has 0 unspecified atom stereocenters. The number of rotatable bonds is 6. The average Bonchev–Trinajstić information content (AvgIpc) is 3.04. The van der Waals surface area contributed by atoms with E-state index in [9.17, 15) is 4.79 Å². The summed E-state index contributed by atoms with van der Waals surface area (Å²) in [5, 5.41) is 1.47. The lowest BCUT2D eigenvalue weighted by Gasteiger charge is -2.09. The summed E-state index contributed by atoms with van der Waals surface area (Å²) in [4.78, 5) is 22.3. The number of thiophene rings is 1. The molecule has 0 bridgehead atoms. The third-order valence-corrected chi connectivity index (χ3v) is 6.48. The summed E-state index contributed by atoms with van der Waals surface area (Å²) in [5.41, 5.74) is 1.22. The summed E-state index contributed by atoms with van der Waals surface area (Å²) in [5.74, 6) is 2.32. The van der Waals surface area contributed by atoms with Gasteiger partial charge in [0.15, 0.2) is 5.16 Å². The largest absolute Gasteiger partial charge is 0.497 e. The van der Waals surface area contributed by atoms with Gasteiger partial charge in [0.25, 0.3) is 5.56 Å². The van der Waals surface area contributed by atoms with E-state index in [1.165, 1.54) is 28.6 Å². The molecule has 2 heterocycles. The van der Waals surface area contributed by atoms with Gasteiger partial charge in [0.1, 0.15) is 16.3 Å². The van der Waals surface area contributed by atoms with E-state index in [-0.39, 0.29) is 5.56 Å². The van der Waals surface area contributed by atoms with Gasteiger partial charge in [-0.15, -0.1) is 11.3 Å². The van der Waals surface area contributed by atoms with E-state index in [4.69, 9.17) is 9.47 Å². The molecule has 4 rings (SSSR count). The van der Waals surface area contributed by atoms with Gasteiger partial charge in [0.2, 0.25) is 0 Å². The number of fused-ring (bicyclic) bond motifs is 3. The maximum absolute atomic E-state index is 12.5. The first-order chi connectivity index (χ1) is 12.7. The molecule has 5 nitrogen and oxygen atoms in total. The predicted molar refractivity (Wildman–Crippen MR) is 106 cm³/mol. The second-order valence-corrected chi connectivity index (χ2v) is 8.30. The zero-order chi connectivity index (χ0) is 17.9. The Morgan fingerprint density at radius 3 is 2.77 bits per heavy atom. The monoisotopic (exact) mass is 388 g/mol. The van der Waals surface area contributed by atoms with Crippen LogP contribution in [0.25, 0.3) is 10.2 Å². The van der Waals surface area contributed by atoms with E-state index in [2.05, 4.69) is 9.97 Å². The van der Waals surface area contributed by atoms with Crippen molar-refractivity contribution in [3.63, 3.8) is 0 Å². The third-order valence-electron chi connectivity index (χ3n) is 4.45. The SMILES string of the molecule is COc1ccc(OCCSc2nc3sc4c(c3c(=O)[nH]2)CCCC4)cc1. The van der Waals surface area contributed by atoms with Crippen LogP contribution in [0.15, 0.2) is 34.2 Å². The van der Waals surface area contributed by atoms with Gasteiger partial charge in [-0.25, -0.2) is 4.98 Å². The molecule has 0 amide bonds. The van der Waals surface area contributed by atoms with Crippen LogP contribution in [-0.2, 0) is 12.8 Å². The van der Waals surface area contributed by atoms with Gasteiger partial charge in [-0.1, -0.05) is 11.8 Å². The summed E-state index contributed by atoms with van der Waals surface area (Å²) in [6.45, 7) is 0.541. The van der Waals surface area contributed by atoms with Crippen LogP contribution < -0.4 is 15.0 Å². The number of hydrogen-bond donors (Lipinski definition) is 1. The van der Waals surface area contributed by atoms with E-state index in [1.54, 1.807) is 18.4 Å². The Hall–Kier alpha value is -1.99. The highest BCUT2D eigenvalue weighted by atomic mass is 32.2. The average molecular weight is 389 g/mol. The Morgan fingerprint density at radius 1 is 1.19 bits per heavy atom. The number of H-pyrrole nitrogens is 1. The van der Waals surface area contributed by atoms with Crippen LogP contribution in [-0.4, -0.2) is 29.4 Å². The van der Waals surface area contributed by atoms with Gasteiger partial charge >= 0.3 is 0 Å². The van der Waals surface area contributed by atoms with E-state index in [0.717, 1.165) is 41.0 Å². The van der Waals surface area contributed by atoms with Gasteiger partial charge in [0, 0.05) is 10.6 Å². The first-order valence-corrected chi connectivity index (χ1v) is 10.5. The molecule has 1 aliphatic rings. The van der Waals surface area contributed by atoms with Crippen LogP contribution in [0.1, 0.15) is 23.3 Å². The second-order valence-electron chi connectivity index (χ2n) is 6.13. The molecule has 3 aromatic rings. The maximum atomic E-state index is 12.5. The predicted octanol–water partition coefficient (Wildman–Crippen LogP) is 4.04. The molecule has 136 valence electrons. The highest BCUT2D eigenvalue weighted by Crippen LogP contribution is 2.34. The smallest absolute Gasteiger partial charge is 0.260 e. The zero-order valence-electron chi connectivity index (χ0n) is 14.5. The van der Waals surface area contributed by atoms with E-state index >= 15 is 0 Å². The van der Waals surface area contributed by atoms with E-state index in [1.807, 2.05) is 24.3 Å². The summed E-state index contributed by atoms with van der Waals surface area (Å²) in [6.07, 6.45) is 4.45. The number of methoxy groups -OCH3 is 1. The lowest BCUT2D eigenvalue weighted by molar-refractivity contribution is 0.342. The summed E-state index contributed by atoms with van der Waals surface area (Å²) in [7, 11) is 1.64. The van der Waals surface area contributed by atoms with Crippen molar-refractivity contribution in [2.24, 2.45) is 0 Å². The normalized spacial score (nSPS) is 13.6. The molecule has 0 saturated carbocycles. The molecule has 0 spiro atoms. The number of aromatic amines is 1. The van der Waals surface area contributed by atoms with Gasteiger partial charge in [-0.3, -0.25) is 4.79 Å². The Morgan fingerprint density at radius 2 is 1.96 bits per heavy atom. The standard InChI is InChI=1S/C19H20N2O3S2/c1-23-12-6-8-13(9-7-12)24-10-11-25-19-20-17(22)16-14-4-2-3-5-15(14)26-18(16)21-19/h6-9H,2-5,10-11H2,1H3,(H,20,21,22). The minimum atomic E-state index is -0.00651. The number of aryl methyl sites for hydroxylation is 2. The van der Waals surface area contributed by atoms with Crippen LogP contribution in [0, 0.1) is 0 Å². The Balaban J connectivity index is 1.40. The minimum Gasteiger partial charge on any atom is -0.497 e. The van der Waals surface area contributed by atoms with Gasteiger partial charge in [-0.2, -0.15) is 0 Å². The topological polar surface area (TPSA) is 64.2 Å². The van der Waals surface area contributed by atoms with Crippen molar-refractivity contribution >= 4 is 33.3 Å². The van der Waals surface area contributed by atoms with Crippen molar-refractivity contribution in [1.29, 1.82) is 0 Å². The summed E-state index contributed by atoms with van der Waals surface area (Å²) < 4.78 is 10.8. The molecule has 0 radical (unpaired) electrons. The number of benzene rings is 1. The van der Waals surface area contributed by atoms with Crippen molar-refractivity contribution in [3.05, 3.63) is 45.1 Å². The van der Waals surface area contributed by atoms with Crippen LogP contribution in [0.3, 0.4) is 0 Å². The van der Waals surface area contributed by atoms with Crippen LogP contribution in [0.4, 0.5) is 0 Å². The van der Waals surface area contributed by atoms with Crippen molar-refractivity contribution in [3.8, 4) is 11.5 Å². The molecule has 0 fully saturated rings. The van der Waals surface area contributed by atoms with Crippen molar-refractivity contribution < 1.29 is 9.47 Å². The maximum Gasteiger partial charge on any atom is 0.260 e. The fraction of sp³-hybridized carbons (Fsp3) is 0.368. The first kappa shape index (κ1) is 17.4. The number of ether oxygens (including phenoxy) is 2. The third kappa shape index (κ3) is 3.59. The van der Waals surface area contributed by atoms with Gasteiger partial charge < -0.3 is 14.5 Å². The lowest BCUT2D eigenvalue weighted by Crippen LogP contribution is -2.11. The molecule has 0 saturated heterocycles. The molecule has 7 heteroatoms. The quantitative estimate of drug-likeness (QED) is 0.392. The second kappa shape index (κ2) is 7.72. The molecule has 2 aromatic heterocycles. The number of thioether (sulfide) groups is 1. The molecular formula is C19H20N2O3S2. The fourth-order valence-electron chi connectivity index (χ4n) is 3.18. The van der Waals surface area contributed by atoms with Crippen molar-refractivity contribution in [2.45, 2.75) is 30.8 Å². The molecule has 0 aliphatic heterocycles. The molecular weight excluding hydrogens is 368 g/mol. The number of nitrogens with one attached hydrogen (secondary N) is 1. The Bertz CT molecular complexity index is 963. The zero-order valence-corrected chi connectivity index (χ0v) is 16.2. The Labute approximate surface area is 159 Å². The van der Waals surface area contributed by atoms with Crippen molar-refractivity contribution in [2.75, 3.05) is 19.5 Å². The lowest BCUT2D eigenvalue weighted by atomic mass is 9.97. The summed E-state index contributed by atoms with van der Waals surface area (Å²) >= 11 is 3.19. The molecule has 1 N–H and O–H groups in total. The van der Waals surface area contributed by atoms with Crippen LogP contribution in [0.5, 0.6) is 11.5 Å². The Kier molecular flexibility index (Phi) is 5.17. The van der Waals surface area contributed by atoms with Crippen LogP contribution in [0.2, 0.25) is 0 Å². The van der Waals surface area contributed by atoms with Crippen LogP contribution >= 0.6 is 23.1 Å². The van der Waals surface area contributed by atoms with E-state index < -0.39 is 0 Å². The van der Waals surface area contributed by atoms with Crippen molar-refractivity contribution in [1.82, 2.24) is 9.97 Å². The minimum absolute atomic E-state index is 0.00651. The molecule has 26 heavy (non-hydrogen) atoms. The number of nitrogens with zero attached hydrogens (tertiary/aromatic N) is 1. The molecule has 0 atom stereocenters. The number of hydrogen-bond acceptors (Lipinski definition) is 6. The first-order valence-electron chi connectivity index (χ1n) is 8.69. The van der Waals surface area contributed by atoms with Gasteiger partial charge in [0.05, 0.1) is 19.1 Å².